The number of ether oxygens (including phenoxy) is 1. The van der Waals surface area contributed by atoms with Crippen LogP contribution in [0.2, 0.25) is 5.02 Å². The number of alkyl halides is 1. The van der Waals surface area contributed by atoms with E-state index in [1.54, 1.807) is 19.1 Å². The maximum Gasteiger partial charge on any atom is 0.238 e. The van der Waals surface area contributed by atoms with Crippen molar-refractivity contribution in [2.24, 2.45) is 0 Å². The lowest BCUT2D eigenvalue weighted by atomic mass is 10.2. The van der Waals surface area contributed by atoms with E-state index in [-0.39, 0.29) is 5.91 Å². The normalized spacial score (nSPS) is 12.0. The molecular weight excluding hydrogens is 285 g/mol. The highest BCUT2D eigenvalue weighted by Crippen LogP contribution is 2.23. The second-order valence-electron chi connectivity index (χ2n) is 4.29. The lowest BCUT2D eigenvalue weighted by molar-refractivity contribution is -0.120. The number of nitrogens with one attached hydrogen (secondary N) is 1. The third-order valence-corrected chi connectivity index (χ3v) is 3.03. The fourth-order valence-corrected chi connectivity index (χ4v) is 1.75. The van der Waals surface area contributed by atoms with Crippen LogP contribution in [0.4, 0.5) is 0 Å². The smallest absolute Gasteiger partial charge is 0.238 e. The van der Waals surface area contributed by atoms with Crippen molar-refractivity contribution in [3.05, 3.63) is 28.8 Å². The van der Waals surface area contributed by atoms with Crippen LogP contribution in [0, 0.1) is 0 Å². The average Bonchev–Trinajstić information content (AvgIpc) is 2.38. The average molecular weight is 304 g/mol. The van der Waals surface area contributed by atoms with Crippen LogP contribution >= 0.6 is 23.2 Å². The Morgan fingerprint density at radius 1 is 1.47 bits per heavy atom. The topological polar surface area (TPSA) is 38.3 Å². The first-order valence-corrected chi connectivity index (χ1v) is 7.19. The van der Waals surface area contributed by atoms with Crippen molar-refractivity contribution < 1.29 is 9.53 Å². The summed E-state index contributed by atoms with van der Waals surface area (Å²) >= 11 is 11.7. The maximum atomic E-state index is 11.5. The van der Waals surface area contributed by atoms with Crippen molar-refractivity contribution in [3.63, 3.8) is 0 Å². The van der Waals surface area contributed by atoms with Crippen LogP contribution in [-0.2, 0) is 11.3 Å². The van der Waals surface area contributed by atoms with Crippen molar-refractivity contribution in [2.45, 2.75) is 38.6 Å². The number of hydrogen-bond acceptors (Lipinski definition) is 2. The molecule has 0 saturated heterocycles. The largest absolute Gasteiger partial charge is 0.493 e. The van der Waals surface area contributed by atoms with Crippen molar-refractivity contribution in [1.82, 2.24) is 5.32 Å². The first kappa shape index (κ1) is 16.1. The van der Waals surface area contributed by atoms with E-state index in [0.29, 0.717) is 18.2 Å². The van der Waals surface area contributed by atoms with Crippen molar-refractivity contribution >= 4 is 29.1 Å². The van der Waals surface area contributed by atoms with Crippen LogP contribution in [0.15, 0.2) is 18.2 Å². The van der Waals surface area contributed by atoms with Gasteiger partial charge in [-0.1, -0.05) is 24.9 Å². The Hall–Kier alpha value is -0.930. The molecule has 106 valence electrons. The zero-order valence-corrected chi connectivity index (χ0v) is 12.7. The van der Waals surface area contributed by atoms with Gasteiger partial charge in [-0.05, 0) is 31.5 Å². The molecule has 0 heterocycles. The van der Waals surface area contributed by atoms with E-state index in [1.807, 2.05) is 6.07 Å². The van der Waals surface area contributed by atoms with E-state index >= 15 is 0 Å². The summed E-state index contributed by atoms with van der Waals surface area (Å²) in [7, 11) is 0. The first-order valence-electron chi connectivity index (χ1n) is 6.37. The van der Waals surface area contributed by atoms with Gasteiger partial charge in [0.25, 0.3) is 0 Å². The molecule has 1 aromatic rings. The van der Waals surface area contributed by atoms with Gasteiger partial charge in [-0.2, -0.15) is 0 Å². The molecule has 19 heavy (non-hydrogen) atoms. The third kappa shape index (κ3) is 5.70. The predicted molar refractivity (Wildman–Crippen MR) is 79.0 cm³/mol. The number of halogens is 2. The number of amides is 1. The van der Waals surface area contributed by atoms with E-state index < -0.39 is 5.38 Å². The first-order chi connectivity index (χ1) is 9.04. The Kier molecular flexibility index (Phi) is 7.03. The van der Waals surface area contributed by atoms with Gasteiger partial charge in [0, 0.05) is 17.1 Å². The second-order valence-corrected chi connectivity index (χ2v) is 5.38. The van der Waals surface area contributed by atoms with Gasteiger partial charge >= 0.3 is 0 Å². The molecule has 1 aromatic carbocycles. The Morgan fingerprint density at radius 2 is 2.21 bits per heavy atom. The predicted octanol–water partition coefficient (Wildman–Crippen LogP) is 3.76. The summed E-state index contributed by atoms with van der Waals surface area (Å²) < 4.78 is 5.68. The number of rotatable bonds is 7. The minimum Gasteiger partial charge on any atom is -0.493 e. The molecule has 0 radical (unpaired) electrons. The Morgan fingerprint density at radius 3 is 2.84 bits per heavy atom. The van der Waals surface area contributed by atoms with Gasteiger partial charge in [0.05, 0.1) is 6.61 Å². The van der Waals surface area contributed by atoms with Gasteiger partial charge in [0.2, 0.25) is 5.91 Å². The Balaban J connectivity index is 2.68. The summed E-state index contributed by atoms with van der Waals surface area (Å²) in [5.41, 5.74) is 0.856. The fourth-order valence-electron chi connectivity index (χ4n) is 1.48. The Labute approximate surface area is 124 Å². The molecule has 1 atom stereocenters. The lowest BCUT2D eigenvalue weighted by Crippen LogP contribution is -2.29. The zero-order chi connectivity index (χ0) is 14.3. The van der Waals surface area contributed by atoms with Gasteiger partial charge in [0.1, 0.15) is 11.1 Å². The number of carbonyl (C=O) groups is 1. The number of benzene rings is 1. The number of unbranched alkanes of at least 4 members (excludes halogenated alkanes) is 1. The van der Waals surface area contributed by atoms with Crippen LogP contribution in [0.3, 0.4) is 0 Å². The number of hydrogen-bond donors (Lipinski definition) is 1. The van der Waals surface area contributed by atoms with E-state index in [2.05, 4.69) is 12.2 Å². The van der Waals surface area contributed by atoms with Crippen molar-refractivity contribution in [1.29, 1.82) is 0 Å². The second kappa shape index (κ2) is 8.28. The summed E-state index contributed by atoms with van der Waals surface area (Å²) in [4.78, 5) is 11.5. The molecule has 1 amide bonds. The van der Waals surface area contributed by atoms with Gasteiger partial charge in [-0.3, -0.25) is 4.79 Å². The molecule has 5 heteroatoms. The fraction of sp³-hybridized carbons (Fsp3) is 0.500. The number of carbonyl (C=O) groups excluding carboxylic acids is 1. The molecular formula is C14H19Cl2NO2. The van der Waals surface area contributed by atoms with Crippen molar-refractivity contribution in [2.75, 3.05) is 6.61 Å². The van der Waals surface area contributed by atoms with Crippen LogP contribution in [0.1, 0.15) is 32.3 Å². The molecule has 0 fully saturated rings. The van der Waals surface area contributed by atoms with Gasteiger partial charge < -0.3 is 10.1 Å². The van der Waals surface area contributed by atoms with E-state index in [1.165, 1.54) is 0 Å². The molecule has 0 bridgehead atoms. The van der Waals surface area contributed by atoms with Crippen LogP contribution in [-0.4, -0.2) is 17.9 Å². The van der Waals surface area contributed by atoms with E-state index in [4.69, 9.17) is 27.9 Å². The minimum atomic E-state index is -0.552. The highest BCUT2D eigenvalue weighted by atomic mass is 35.5. The van der Waals surface area contributed by atoms with Crippen molar-refractivity contribution in [3.8, 4) is 5.75 Å². The summed E-state index contributed by atoms with van der Waals surface area (Å²) in [5.74, 6) is 0.543. The SMILES string of the molecule is CCCCOc1ccc(Cl)cc1CNC(=O)C(C)Cl. The molecule has 0 aliphatic rings. The molecule has 1 rings (SSSR count). The molecule has 0 saturated carbocycles. The van der Waals surface area contributed by atoms with Gasteiger partial charge in [-0.15, -0.1) is 11.6 Å². The quantitative estimate of drug-likeness (QED) is 0.615. The van der Waals surface area contributed by atoms with Crippen LogP contribution in [0.5, 0.6) is 5.75 Å². The van der Waals surface area contributed by atoms with Crippen LogP contribution in [0.25, 0.3) is 0 Å². The third-order valence-electron chi connectivity index (χ3n) is 2.59. The van der Waals surface area contributed by atoms with E-state index in [9.17, 15) is 4.79 Å². The molecule has 0 aliphatic carbocycles. The highest BCUT2D eigenvalue weighted by Gasteiger charge is 2.10. The highest BCUT2D eigenvalue weighted by molar-refractivity contribution is 6.31. The zero-order valence-electron chi connectivity index (χ0n) is 11.2. The molecule has 0 aromatic heterocycles. The summed E-state index contributed by atoms with van der Waals surface area (Å²) in [6, 6.07) is 5.39. The molecule has 0 aliphatic heterocycles. The molecule has 3 nitrogen and oxygen atoms in total. The molecule has 0 spiro atoms. The maximum absolute atomic E-state index is 11.5. The Bertz CT molecular complexity index is 422. The lowest BCUT2D eigenvalue weighted by Gasteiger charge is -2.13. The van der Waals surface area contributed by atoms with Gasteiger partial charge in [0.15, 0.2) is 0 Å². The van der Waals surface area contributed by atoms with Crippen LogP contribution < -0.4 is 10.1 Å². The van der Waals surface area contributed by atoms with E-state index in [0.717, 1.165) is 24.2 Å². The molecule has 1 unspecified atom stereocenters. The summed E-state index contributed by atoms with van der Waals surface area (Å²) in [6.45, 7) is 4.75. The molecule has 1 N–H and O–H groups in total. The minimum absolute atomic E-state index is 0.207. The summed E-state index contributed by atoms with van der Waals surface area (Å²) in [5, 5.41) is 2.81. The van der Waals surface area contributed by atoms with Gasteiger partial charge in [-0.25, -0.2) is 0 Å². The summed E-state index contributed by atoms with van der Waals surface area (Å²) in [6.07, 6.45) is 2.07. The standard InChI is InChI=1S/C14H19Cl2NO2/c1-3-4-7-19-13-6-5-12(16)8-11(13)9-17-14(18)10(2)15/h5-6,8,10H,3-4,7,9H2,1-2H3,(H,17,18). The monoisotopic (exact) mass is 303 g/mol.